The van der Waals surface area contributed by atoms with Gasteiger partial charge in [-0.3, -0.25) is 14.4 Å². The number of para-hydroxylation sites is 1. The second-order valence-corrected chi connectivity index (χ2v) is 11.5. The molecule has 5 N–H and O–H groups in total. The van der Waals surface area contributed by atoms with Crippen LogP contribution in [-0.4, -0.2) is 57.4 Å². The fourth-order valence-corrected chi connectivity index (χ4v) is 6.33. The third-order valence-corrected chi connectivity index (χ3v) is 8.35. The Hall–Kier alpha value is -3.36. The van der Waals surface area contributed by atoms with Crippen molar-refractivity contribution in [3.8, 4) is 0 Å². The van der Waals surface area contributed by atoms with Gasteiger partial charge in [-0.05, 0) is 67.2 Å². The monoisotopic (exact) mass is 552 g/mol. The van der Waals surface area contributed by atoms with E-state index in [4.69, 9.17) is 5.73 Å². The number of carboxylic acids is 1. The van der Waals surface area contributed by atoms with Crippen LogP contribution in [0.4, 0.5) is 0 Å². The van der Waals surface area contributed by atoms with Crippen LogP contribution in [0.2, 0.25) is 0 Å². The first-order valence-corrected chi connectivity index (χ1v) is 13.3. The molecule has 2 heterocycles. The third-order valence-electron chi connectivity index (χ3n) is 8.35. The van der Waals surface area contributed by atoms with Gasteiger partial charge in [-0.1, -0.05) is 42.5 Å². The minimum atomic E-state index is -1.11. The van der Waals surface area contributed by atoms with Crippen molar-refractivity contribution in [2.75, 3.05) is 13.1 Å². The van der Waals surface area contributed by atoms with Crippen molar-refractivity contribution in [1.82, 2.24) is 15.2 Å². The van der Waals surface area contributed by atoms with Gasteiger partial charge in [-0.2, -0.15) is 0 Å². The number of carboxylic acid groups (broad SMARTS) is 1. The molecule has 9 heteroatoms. The molecule has 2 atom stereocenters. The summed E-state index contributed by atoms with van der Waals surface area (Å²) in [5.41, 5.74) is 9.12. The Morgan fingerprint density at radius 3 is 2.49 bits per heavy atom. The number of H-pyrrole nitrogens is 1. The highest BCUT2D eigenvalue weighted by atomic mass is 35.5. The van der Waals surface area contributed by atoms with Crippen LogP contribution in [0.25, 0.3) is 10.9 Å². The van der Waals surface area contributed by atoms with Gasteiger partial charge in [0.1, 0.15) is 6.04 Å². The van der Waals surface area contributed by atoms with Crippen LogP contribution in [0.1, 0.15) is 62.1 Å². The second-order valence-electron chi connectivity index (χ2n) is 11.5. The van der Waals surface area contributed by atoms with Gasteiger partial charge >= 0.3 is 5.97 Å². The molecule has 0 radical (unpaired) electrons. The van der Waals surface area contributed by atoms with Crippen LogP contribution in [0.3, 0.4) is 0 Å². The molecule has 1 spiro atoms. The molecule has 8 nitrogen and oxygen atoms in total. The van der Waals surface area contributed by atoms with E-state index in [9.17, 15) is 19.5 Å². The van der Waals surface area contributed by atoms with Gasteiger partial charge in [-0.15, -0.1) is 12.4 Å². The minimum absolute atomic E-state index is 0. The molecular weight excluding hydrogens is 516 g/mol. The highest BCUT2D eigenvalue weighted by Crippen LogP contribution is 2.52. The summed E-state index contributed by atoms with van der Waals surface area (Å²) in [5, 5.41) is 13.4. The Balaban J connectivity index is 0.00000353. The van der Waals surface area contributed by atoms with Crippen LogP contribution in [0.15, 0.2) is 54.7 Å². The number of likely N-dealkylation sites (tertiary alicyclic amines) is 1. The van der Waals surface area contributed by atoms with Gasteiger partial charge in [0.2, 0.25) is 11.8 Å². The fraction of sp³-hybridized carbons (Fsp3) is 0.433. The summed E-state index contributed by atoms with van der Waals surface area (Å²) < 4.78 is 0. The zero-order valence-electron chi connectivity index (χ0n) is 22.4. The number of nitrogens with one attached hydrogen (secondary N) is 2. The molecular formula is C30H37ClN4O4. The SMILES string of the molecule is CC(C)(N)C(=O)NC(Cc1c[nH]c2ccccc12)C(=O)N1CCC2(CC1)CC(CC(=O)O)c1ccccc12.Cl. The number of aliphatic carboxylic acids is 1. The van der Waals surface area contributed by atoms with E-state index >= 15 is 0 Å². The molecule has 1 aliphatic heterocycles. The summed E-state index contributed by atoms with van der Waals surface area (Å²) in [6, 6.07) is 15.3. The molecule has 0 bridgehead atoms. The van der Waals surface area contributed by atoms with E-state index in [0.29, 0.717) is 19.5 Å². The number of rotatable bonds is 7. The lowest BCUT2D eigenvalue weighted by atomic mass is 9.73. The van der Waals surface area contributed by atoms with E-state index in [0.717, 1.165) is 41.3 Å². The van der Waals surface area contributed by atoms with Crippen molar-refractivity contribution in [1.29, 1.82) is 0 Å². The first-order chi connectivity index (χ1) is 18.1. The lowest BCUT2D eigenvalue weighted by molar-refractivity contribution is -0.138. The number of amides is 2. The van der Waals surface area contributed by atoms with Crippen LogP contribution in [0, 0.1) is 0 Å². The molecule has 2 unspecified atom stereocenters. The van der Waals surface area contributed by atoms with Gasteiger partial charge in [-0.25, -0.2) is 0 Å². The lowest BCUT2D eigenvalue weighted by Crippen LogP contribution is -2.58. The van der Waals surface area contributed by atoms with Crippen molar-refractivity contribution in [2.45, 2.75) is 68.9 Å². The molecule has 3 aromatic rings. The highest BCUT2D eigenvalue weighted by Gasteiger charge is 2.46. The standard InChI is InChI=1S/C30H36N4O4.ClH/c1-29(2,31)28(38)33-25(15-20-18-32-24-10-6-4-8-22(20)24)27(37)34-13-11-30(12-14-34)17-19(16-26(35)36)21-7-3-5-9-23(21)30;/h3-10,18-19,25,32H,11-17,31H2,1-2H3,(H,33,38)(H,35,36);1H. The summed E-state index contributed by atoms with van der Waals surface area (Å²) >= 11 is 0. The highest BCUT2D eigenvalue weighted by molar-refractivity contribution is 5.92. The van der Waals surface area contributed by atoms with Crippen molar-refractivity contribution < 1.29 is 19.5 Å². The van der Waals surface area contributed by atoms with Gasteiger partial charge in [0.05, 0.1) is 12.0 Å². The molecule has 2 aromatic carbocycles. The van der Waals surface area contributed by atoms with Gasteiger partial charge in [0.15, 0.2) is 0 Å². The first kappa shape index (κ1) is 28.6. The predicted octanol–water partition coefficient (Wildman–Crippen LogP) is 3.88. The summed E-state index contributed by atoms with van der Waals surface area (Å²) in [5.74, 6) is -1.28. The van der Waals surface area contributed by atoms with Crippen molar-refractivity contribution in [2.24, 2.45) is 5.73 Å². The maximum absolute atomic E-state index is 13.9. The smallest absolute Gasteiger partial charge is 0.303 e. The molecule has 1 aromatic heterocycles. The molecule has 39 heavy (non-hydrogen) atoms. The van der Waals surface area contributed by atoms with Crippen LogP contribution in [0.5, 0.6) is 0 Å². The third kappa shape index (κ3) is 5.68. The maximum atomic E-state index is 13.9. The number of benzene rings is 2. The number of nitrogens with zero attached hydrogens (tertiary/aromatic N) is 1. The number of hydrogen-bond donors (Lipinski definition) is 4. The molecule has 1 fully saturated rings. The summed E-state index contributed by atoms with van der Waals surface area (Å²) in [6.45, 7) is 4.37. The van der Waals surface area contributed by atoms with E-state index in [-0.39, 0.29) is 42.0 Å². The molecule has 5 rings (SSSR count). The Morgan fingerprint density at radius 1 is 1.13 bits per heavy atom. The molecule has 1 aliphatic carbocycles. The van der Waals surface area contributed by atoms with Crippen LogP contribution in [-0.2, 0) is 26.2 Å². The average Bonchev–Trinajstić information content (AvgIpc) is 3.42. The zero-order chi connectivity index (χ0) is 27.1. The first-order valence-electron chi connectivity index (χ1n) is 13.3. The van der Waals surface area contributed by atoms with Crippen molar-refractivity contribution in [3.05, 3.63) is 71.4 Å². The minimum Gasteiger partial charge on any atom is -0.481 e. The quantitative estimate of drug-likeness (QED) is 0.353. The van der Waals surface area contributed by atoms with Crippen molar-refractivity contribution in [3.63, 3.8) is 0 Å². The molecule has 2 aliphatic rings. The number of aromatic amines is 1. The Bertz CT molecular complexity index is 1370. The van der Waals surface area contributed by atoms with E-state index in [1.807, 2.05) is 47.5 Å². The lowest BCUT2D eigenvalue weighted by Gasteiger charge is -2.41. The predicted molar refractivity (Wildman–Crippen MR) is 153 cm³/mol. The number of halogens is 1. The number of carbonyl (C=O) groups excluding carboxylic acids is 2. The normalized spacial score (nSPS) is 18.8. The van der Waals surface area contributed by atoms with Crippen LogP contribution < -0.4 is 11.1 Å². The zero-order valence-corrected chi connectivity index (χ0v) is 23.2. The topological polar surface area (TPSA) is 129 Å². The van der Waals surface area contributed by atoms with E-state index in [1.165, 1.54) is 5.56 Å². The van der Waals surface area contributed by atoms with E-state index in [2.05, 4.69) is 22.4 Å². The Kier molecular flexibility index (Phi) is 8.09. The van der Waals surface area contributed by atoms with Crippen LogP contribution >= 0.6 is 12.4 Å². The molecule has 1 saturated heterocycles. The maximum Gasteiger partial charge on any atom is 0.303 e. The molecule has 0 saturated carbocycles. The van der Waals surface area contributed by atoms with Gasteiger partial charge in [0, 0.05) is 36.6 Å². The van der Waals surface area contributed by atoms with Crippen molar-refractivity contribution >= 4 is 41.1 Å². The van der Waals surface area contributed by atoms with Gasteiger partial charge in [0.25, 0.3) is 0 Å². The summed E-state index contributed by atoms with van der Waals surface area (Å²) in [4.78, 5) is 43.3. The second kappa shape index (κ2) is 11.0. The van der Waals surface area contributed by atoms with E-state index in [1.54, 1.807) is 13.8 Å². The number of nitrogens with two attached hydrogens (primary N) is 1. The largest absolute Gasteiger partial charge is 0.481 e. The summed E-state index contributed by atoms with van der Waals surface area (Å²) in [7, 11) is 0. The molecule has 2 amide bonds. The number of hydrogen-bond acceptors (Lipinski definition) is 4. The number of carbonyl (C=O) groups is 3. The van der Waals surface area contributed by atoms with E-state index < -0.39 is 17.6 Å². The average molecular weight is 553 g/mol. The number of fused-ring (bicyclic) bond motifs is 3. The fourth-order valence-electron chi connectivity index (χ4n) is 6.33. The Labute approximate surface area is 234 Å². The van der Waals surface area contributed by atoms with Gasteiger partial charge < -0.3 is 26.0 Å². The molecule has 208 valence electrons. The number of aromatic nitrogens is 1. The summed E-state index contributed by atoms with van der Waals surface area (Å²) in [6.07, 6.45) is 4.69. The Morgan fingerprint density at radius 2 is 1.79 bits per heavy atom. The number of piperidine rings is 1.